The summed E-state index contributed by atoms with van der Waals surface area (Å²) in [5.41, 5.74) is 7.98. The second-order valence-corrected chi connectivity index (χ2v) is 12.0. The maximum atomic E-state index is 13.3. The maximum Gasteiger partial charge on any atom is 0.282 e. The average Bonchev–Trinajstić information content (AvgIpc) is 3.23. The highest BCUT2D eigenvalue weighted by Gasteiger charge is 2.49. The predicted octanol–water partition coefficient (Wildman–Crippen LogP) is 1.34. The van der Waals surface area contributed by atoms with Gasteiger partial charge in [-0.25, -0.2) is 0 Å². The van der Waals surface area contributed by atoms with E-state index < -0.39 is 10.2 Å². The fourth-order valence-corrected chi connectivity index (χ4v) is 8.15. The first-order valence-corrected chi connectivity index (χ1v) is 13.4. The molecule has 3 atom stereocenters. The molecule has 1 aromatic carbocycles. The lowest BCUT2D eigenvalue weighted by Gasteiger charge is -2.41. The highest BCUT2D eigenvalue weighted by atomic mass is 79.9. The summed E-state index contributed by atoms with van der Waals surface area (Å²) in [6.45, 7) is 0.951. The summed E-state index contributed by atoms with van der Waals surface area (Å²) < 4.78 is 30.6. The SMILES string of the molecule is NC1CCN(S(=O)(=O)N2[C@@H]3CC[C@H]2C[C@H](NC(=O)c2cc4c(cc2Br)NC(=O)C4)C3)CC1. The number of fused-ring (bicyclic) bond motifs is 3. The van der Waals surface area contributed by atoms with Crippen LogP contribution in [0.1, 0.15) is 54.4 Å². The van der Waals surface area contributed by atoms with Gasteiger partial charge in [-0.2, -0.15) is 17.0 Å². The molecule has 2 amide bonds. The summed E-state index contributed by atoms with van der Waals surface area (Å²) in [6.07, 6.45) is 4.51. The van der Waals surface area contributed by atoms with Crippen LogP contribution >= 0.6 is 15.9 Å². The van der Waals surface area contributed by atoms with Gasteiger partial charge in [-0.3, -0.25) is 9.59 Å². The van der Waals surface area contributed by atoms with Crippen molar-refractivity contribution in [3.8, 4) is 0 Å². The Morgan fingerprint density at radius 2 is 1.78 bits per heavy atom. The molecule has 0 spiro atoms. The number of hydrogen-bond acceptors (Lipinski definition) is 5. The Morgan fingerprint density at radius 1 is 1.12 bits per heavy atom. The summed E-state index contributed by atoms with van der Waals surface area (Å²) in [7, 11) is -3.52. The van der Waals surface area contributed by atoms with Crippen LogP contribution in [0.5, 0.6) is 0 Å². The molecule has 4 aliphatic heterocycles. The van der Waals surface area contributed by atoms with Crippen molar-refractivity contribution in [2.24, 2.45) is 5.73 Å². The van der Waals surface area contributed by atoms with Crippen LogP contribution in [0.3, 0.4) is 0 Å². The molecule has 5 rings (SSSR count). The molecule has 174 valence electrons. The molecule has 0 aromatic heterocycles. The zero-order valence-electron chi connectivity index (χ0n) is 17.7. The van der Waals surface area contributed by atoms with Crippen LogP contribution in [0, 0.1) is 0 Å². The van der Waals surface area contributed by atoms with Crippen LogP contribution in [0.4, 0.5) is 5.69 Å². The van der Waals surface area contributed by atoms with E-state index in [0.717, 1.165) is 24.1 Å². The molecular weight excluding hydrogens is 498 g/mol. The fraction of sp³-hybridized carbons (Fsp3) is 0.619. The molecular formula is C21H28BrN5O4S. The largest absolute Gasteiger partial charge is 0.349 e. The van der Waals surface area contributed by atoms with Crippen molar-refractivity contribution in [2.45, 2.75) is 69.1 Å². The van der Waals surface area contributed by atoms with Gasteiger partial charge in [0.1, 0.15) is 0 Å². The number of amides is 2. The number of benzene rings is 1. The number of halogens is 1. The lowest BCUT2D eigenvalue weighted by Crippen LogP contribution is -2.57. The van der Waals surface area contributed by atoms with Crippen molar-refractivity contribution >= 4 is 43.6 Å². The van der Waals surface area contributed by atoms with Gasteiger partial charge in [-0.05, 0) is 72.2 Å². The smallest absolute Gasteiger partial charge is 0.282 e. The van der Waals surface area contributed by atoms with E-state index in [1.807, 2.05) is 0 Å². The van der Waals surface area contributed by atoms with Crippen molar-refractivity contribution in [1.29, 1.82) is 0 Å². The zero-order valence-corrected chi connectivity index (χ0v) is 20.1. The molecule has 2 bridgehead atoms. The first-order chi connectivity index (χ1) is 15.2. The zero-order chi connectivity index (χ0) is 22.6. The standard InChI is InChI=1S/C21H28BrN5O4S/c22-18-11-19-12(8-20(28)25-19)7-17(18)21(29)24-14-9-15-1-2-16(10-14)27(15)32(30,31)26-5-3-13(23)4-6-26/h7,11,13-16H,1-6,8-10,23H2,(H,24,29)(H,25,28)/t14-,15-,16+. The molecule has 4 heterocycles. The fourth-order valence-electron chi connectivity index (χ4n) is 5.55. The highest BCUT2D eigenvalue weighted by molar-refractivity contribution is 9.10. The lowest BCUT2D eigenvalue weighted by molar-refractivity contribution is -0.115. The van der Waals surface area contributed by atoms with Crippen molar-refractivity contribution in [3.63, 3.8) is 0 Å². The summed E-state index contributed by atoms with van der Waals surface area (Å²) in [6, 6.07) is 3.32. The van der Waals surface area contributed by atoms with Crippen LogP contribution in [-0.2, 0) is 21.4 Å². The first kappa shape index (κ1) is 22.3. The molecule has 3 saturated heterocycles. The Bertz CT molecular complexity index is 1040. The number of nitrogens with zero attached hydrogens (tertiary/aromatic N) is 2. The van der Waals surface area contributed by atoms with Gasteiger partial charge in [0.2, 0.25) is 5.91 Å². The van der Waals surface area contributed by atoms with E-state index in [1.54, 1.807) is 20.7 Å². The molecule has 4 aliphatic rings. The minimum Gasteiger partial charge on any atom is -0.349 e. The van der Waals surface area contributed by atoms with Crippen LogP contribution in [-0.4, -0.2) is 66.1 Å². The maximum absolute atomic E-state index is 13.3. The summed E-state index contributed by atoms with van der Waals surface area (Å²) in [4.78, 5) is 24.6. The second-order valence-electron chi connectivity index (χ2n) is 9.32. The summed E-state index contributed by atoms with van der Waals surface area (Å²) >= 11 is 3.44. The quantitative estimate of drug-likeness (QED) is 0.546. The van der Waals surface area contributed by atoms with Gasteiger partial charge in [0.25, 0.3) is 16.1 Å². The Hall–Kier alpha value is -1.53. The van der Waals surface area contributed by atoms with E-state index in [0.29, 0.717) is 48.8 Å². The molecule has 0 aliphatic carbocycles. The average molecular weight is 526 g/mol. The van der Waals surface area contributed by atoms with Gasteiger partial charge in [0.15, 0.2) is 0 Å². The number of nitrogens with one attached hydrogen (secondary N) is 2. The number of piperidine rings is 2. The molecule has 0 unspecified atom stereocenters. The highest BCUT2D eigenvalue weighted by Crippen LogP contribution is 2.39. The number of anilines is 1. The van der Waals surface area contributed by atoms with E-state index in [1.165, 1.54) is 0 Å². The molecule has 9 nitrogen and oxygen atoms in total. The molecule has 3 fully saturated rings. The van der Waals surface area contributed by atoms with Gasteiger partial charge < -0.3 is 16.4 Å². The van der Waals surface area contributed by atoms with Gasteiger partial charge in [0.05, 0.1) is 12.0 Å². The van der Waals surface area contributed by atoms with E-state index in [2.05, 4.69) is 26.6 Å². The topological polar surface area (TPSA) is 125 Å². The Kier molecular flexibility index (Phi) is 5.81. The Labute approximate surface area is 196 Å². The summed E-state index contributed by atoms with van der Waals surface area (Å²) in [5, 5.41) is 5.89. The van der Waals surface area contributed by atoms with Gasteiger partial charge >= 0.3 is 0 Å². The monoisotopic (exact) mass is 525 g/mol. The van der Waals surface area contributed by atoms with Crippen molar-refractivity contribution in [2.75, 3.05) is 18.4 Å². The molecule has 0 saturated carbocycles. The predicted molar refractivity (Wildman–Crippen MR) is 123 cm³/mol. The molecule has 0 radical (unpaired) electrons. The van der Waals surface area contributed by atoms with Gasteiger partial charge in [-0.15, -0.1) is 0 Å². The van der Waals surface area contributed by atoms with E-state index in [9.17, 15) is 18.0 Å². The Morgan fingerprint density at radius 3 is 2.44 bits per heavy atom. The molecule has 1 aromatic rings. The normalized spacial score (nSPS) is 29.1. The van der Waals surface area contributed by atoms with Gasteiger partial charge in [0, 0.05) is 47.4 Å². The van der Waals surface area contributed by atoms with Crippen LogP contribution in [0.25, 0.3) is 0 Å². The number of rotatable bonds is 4. The van der Waals surface area contributed by atoms with E-state index in [4.69, 9.17) is 5.73 Å². The molecule has 11 heteroatoms. The summed E-state index contributed by atoms with van der Waals surface area (Å²) in [5.74, 6) is -0.282. The van der Waals surface area contributed by atoms with Crippen LogP contribution < -0.4 is 16.4 Å². The molecule has 32 heavy (non-hydrogen) atoms. The van der Waals surface area contributed by atoms with Crippen molar-refractivity contribution < 1.29 is 18.0 Å². The minimum absolute atomic E-state index is 0.0755. The third kappa shape index (κ3) is 3.98. The second kappa shape index (κ2) is 8.35. The van der Waals surface area contributed by atoms with Gasteiger partial charge in [-0.1, -0.05) is 0 Å². The Balaban J connectivity index is 1.27. The van der Waals surface area contributed by atoms with E-state index in [-0.39, 0.29) is 42.4 Å². The number of carbonyl (C=O) groups excluding carboxylic acids is 2. The number of hydrogen-bond donors (Lipinski definition) is 3. The third-order valence-electron chi connectivity index (χ3n) is 7.16. The lowest BCUT2D eigenvalue weighted by atomic mass is 9.99. The number of nitrogens with two attached hydrogens (primary N) is 1. The van der Waals surface area contributed by atoms with Crippen molar-refractivity contribution in [1.82, 2.24) is 13.9 Å². The minimum atomic E-state index is -3.52. The number of carbonyl (C=O) groups is 2. The van der Waals surface area contributed by atoms with E-state index >= 15 is 0 Å². The molecule has 4 N–H and O–H groups in total. The third-order valence-corrected chi connectivity index (χ3v) is 9.96. The van der Waals surface area contributed by atoms with Crippen LogP contribution in [0.2, 0.25) is 0 Å². The van der Waals surface area contributed by atoms with Crippen LogP contribution in [0.15, 0.2) is 16.6 Å². The first-order valence-electron chi connectivity index (χ1n) is 11.2. The van der Waals surface area contributed by atoms with Crippen molar-refractivity contribution in [3.05, 3.63) is 27.7 Å².